The molecular weight excluding hydrogens is 513 g/mol. The van der Waals surface area contributed by atoms with Gasteiger partial charge in [0, 0.05) is 6.54 Å². The quantitative estimate of drug-likeness (QED) is 0.428. The van der Waals surface area contributed by atoms with Gasteiger partial charge in [0.05, 0.1) is 17.3 Å². The third-order valence-corrected chi connectivity index (χ3v) is 4.70. The number of anilines is 2. The molecule has 2 N–H and O–H groups in total. The predicted molar refractivity (Wildman–Crippen MR) is 112 cm³/mol. The van der Waals surface area contributed by atoms with Crippen LogP contribution in [-0.2, 0) is 0 Å². The summed E-state index contributed by atoms with van der Waals surface area (Å²) < 4.78 is 97.7. The number of ether oxygens (including phenoxy) is 1. The maximum absolute atomic E-state index is 14.6. The predicted octanol–water partition coefficient (Wildman–Crippen LogP) is 5.71. The summed E-state index contributed by atoms with van der Waals surface area (Å²) in [6.07, 6.45) is -10.4. The van der Waals surface area contributed by atoms with E-state index in [-0.39, 0.29) is 11.6 Å². The summed E-state index contributed by atoms with van der Waals surface area (Å²) >= 11 is 5.81. The lowest BCUT2D eigenvalue weighted by atomic mass is 10.2. The van der Waals surface area contributed by atoms with E-state index in [1.807, 2.05) is 10.6 Å². The number of rotatable bonds is 8. The van der Waals surface area contributed by atoms with Gasteiger partial charge in [-0.1, -0.05) is 17.7 Å². The van der Waals surface area contributed by atoms with E-state index in [4.69, 9.17) is 11.6 Å². The Labute approximate surface area is 199 Å². The van der Waals surface area contributed by atoms with Crippen molar-refractivity contribution in [2.45, 2.75) is 32.6 Å². The van der Waals surface area contributed by atoms with Crippen molar-refractivity contribution in [3.63, 3.8) is 0 Å². The summed E-state index contributed by atoms with van der Waals surface area (Å²) in [4.78, 5) is 28.9. The second kappa shape index (κ2) is 11.4. The number of nitrogens with one attached hydrogen (secondary N) is 2. The van der Waals surface area contributed by atoms with Gasteiger partial charge < -0.3 is 15.0 Å². The van der Waals surface area contributed by atoms with Gasteiger partial charge in [-0.3, -0.25) is 10.1 Å². The van der Waals surface area contributed by atoms with Crippen molar-refractivity contribution < 1.29 is 45.1 Å². The van der Waals surface area contributed by atoms with Gasteiger partial charge in [-0.25, -0.2) is 22.4 Å². The Hall–Kier alpha value is -3.29. The molecule has 0 radical (unpaired) electrons. The zero-order chi connectivity index (χ0) is 26.5. The molecule has 0 saturated carbocycles. The van der Waals surface area contributed by atoms with Gasteiger partial charge in [0.2, 0.25) is 5.88 Å². The van der Waals surface area contributed by atoms with Crippen LogP contribution in [0.1, 0.15) is 24.2 Å². The number of urea groups is 1. The van der Waals surface area contributed by atoms with Gasteiger partial charge in [-0.05, 0) is 32.0 Å². The normalized spacial score (nSPS) is 12.3. The molecule has 1 aromatic heterocycles. The molecule has 3 amide bonds. The van der Waals surface area contributed by atoms with Gasteiger partial charge in [0.25, 0.3) is 12.3 Å². The average Bonchev–Trinajstić information content (AvgIpc) is 2.75. The smallest absolute Gasteiger partial charge is 0.425 e. The first-order valence-corrected chi connectivity index (χ1v) is 10.2. The summed E-state index contributed by atoms with van der Waals surface area (Å²) in [6, 6.07) is 2.51. The topological polar surface area (TPSA) is 83.6 Å². The Balaban J connectivity index is 2.46. The monoisotopic (exact) mass is 530 g/mol. The lowest BCUT2D eigenvalue weighted by Crippen LogP contribution is -2.38. The van der Waals surface area contributed by atoms with E-state index in [2.05, 4.69) is 9.72 Å². The highest BCUT2D eigenvalue weighted by molar-refractivity contribution is 6.34. The van der Waals surface area contributed by atoms with Crippen LogP contribution in [0.2, 0.25) is 5.02 Å². The maximum Gasteiger partial charge on any atom is 0.425 e. The molecule has 0 saturated heterocycles. The molecule has 1 heterocycles. The van der Waals surface area contributed by atoms with Crippen LogP contribution in [-0.4, -0.2) is 53.6 Å². The number of benzene rings is 1. The minimum Gasteiger partial charge on any atom is -0.464 e. The maximum atomic E-state index is 14.6. The number of nitrogens with zero attached hydrogens (tertiary/aromatic N) is 2. The molecule has 0 aliphatic carbocycles. The number of halogens is 8. The summed E-state index contributed by atoms with van der Waals surface area (Å²) in [5.41, 5.74) is -1.44. The molecule has 0 unspecified atom stereocenters. The Morgan fingerprint density at radius 2 is 1.83 bits per heavy atom. The summed E-state index contributed by atoms with van der Waals surface area (Å²) in [5.74, 6) is -5.81. The lowest BCUT2D eigenvalue weighted by Gasteiger charge is -2.22. The first-order valence-electron chi connectivity index (χ1n) is 9.77. The Kier molecular flexibility index (Phi) is 9.12. The van der Waals surface area contributed by atoms with Gasteiger partial charge in [0.15, 0.2) is 17.7 Å². The van der Waals surface area contributed by atoms with Crippen LogP contribution in [0.25, 0.3) is 0 Å². The summed E-state index contributed by atoms with van der Waals surface area (Å²) in [5, 5.41) is 3.57. The van der Waals surface area contributed by atoms with E-state index < -0.39 is 71.8 Å². The van der Waals surface area contributed by atoms with Crippen LogP contribution in [0.3, 0.4) is 0 Å². The number of para-hydroxylation sites is 1. The van der Waals surface area contributed by atoms with Crippen molar-refractivity contribution in [1.82, 2.24) is 9.88 Å². The highest BCUT2D eigenvalue weighted by Crippen LogP contribution is 2.31. The van der Waals surface area contributed by atoms with Gasteiger partial charge >= 0.3 is 12.2 Å². The summed E-state index contributed by atoms with van der Waals surface area (Å²) in [7, 11) is 0. The van der Waals surface area contributed by atoms with Crippen LogP contribution in [0.15, 0.2) is 24.3 Å². The highest BCUT2D eigenvalue weighted by Gasteiger charge is 2.39. The largest absolute Gasteiger partial charge is 0.464 e. The number of hydrogen-bond donors (Lipinski definition) is 2. The molecule has 0 aliphatic rings. The van der Waals surface area contributed by atoms with Crippen molar-refractivity contribution in [3.05, 3.63) is 46.5 Å². The average molecular weight is 531 g/mol. The highest BCUT2D eigenvalue weighted by atomic mass is 35.5. The SMILES string of the molecule is CCN(CC(F)F)C(=O)Nc1nc(O[C@@H](C)C(F)(F)F)c(C(=O)Nc2c(F)cccc2Cl)cc1F. The molecule has 15 heteroatoms. The minimum absolute atomic E-state index is 0.212. The minimum atomic E-state index is -4.93. The number of carbonyl (C=O) groups excluding carboxylic acids is 2. The molecule has 0 fully saturated rings. The second-order valence-corrected chi connectivity index (χ2v) is 7.29. The van der Waals surface area contributed by atoms with E-state index in [0.29, 0.717) is 17.9 Å². The first-order chi connectivity index (χ1) is 16.2. The number of carbonyl (C=O) groups is 2. The zero-order valence-electron chi connectivity index (χ0n) is 18.0. The molecule has 0 spiro atoms. The molecule has 1 aromatic carbocycles. The summed E-state index contributed by atoms with van der Waals surface area (Å²) in [6.45, 7) is 0.700. The van der Waals surface area contributed by atoms with E-state index in [1.54, 1.807) is 0 Å². The molecule has 0 aliphatic heterocycles. The van der Waals surface area contributed by atoms with Crippen molar-refractivity contribution in [2.24, 2.45) is 0 Å². The lowest BCUT2D eigenvalue weighted by molar-refractivity contribution is -0.190. The van der Waals surface area contributed by atoms with Gasteiger partial charge in [-0.2, -0.15) is 18.2 Å². The van der Waals surface area contributed by atoms with Crippen molar-refractivity contribution in [2.75, 3.05) is 23.7 Å². The molecule has 35 heavy (non-hydrogen) atoms. The third kappa shape index (κ3) is 7.34. The van der Waals surface area contributed by atoms with E-state index in [1.165, 1.54) is 19.1 Å². The van der Waals surface area contributed by atoms with Gasteiger partial charge in [0.1, 0.15) is 11.4 Å². The Bertz CT molecular complexity index is 1070. The third-order valence-electron chi connectivity index (χ3n) is 4.39. The fourth-order valence-electron chi connectivity index (χ4n) is 2.55. The van der Waals surface area contributed by atoms with Crippen LogP contribution in [0.4, 0.5) is 47.0 Å². The molecule has 2 aromatic rings. The molecule has 1 atom stereocenters. The Morgan fingerprint density at radius 3 is 2.37 bits per heavy atom. The first kappa shape index (κ1) is 28.0. The Morgan fingerprint density at radius 1 is 1.17 bits per heavy atom. The number of aromatic nitrogens is 1. The number of alkyl halides is 5. The fourth-order valence-corrected chi connectivity index (χ4v) is 2.76. The van der Waals surface area contributed by atoms with Crippen molar-refractivity contribution in [1.29, 1.82) is 0 Å². The molecular formula is C20H18ClF7N4O3. The van der Waals surface area contributed by atoms with Crippen LogP contribution in [0, 0.1) is 11.6 Å². The number of pyridine rings is 1. The van der Waals surface area contributed by atoms with Crippen LogP contribution >= 0.6 is 11.6 Å². The zero-order valence-corrected chi connectivity index (χ0v) is 18.8. The van der Waals surface area contributed by atoms with Crippen LogP contribution in [0.5, 0.6) is 5.88 Å². The molecule has 2 rings (SSSR count). The number of amides is 3. The molecule has 0 bridgehead atoms. The van der Waals surface area contributed by atoms with Crippen molar-refractivity contribution >= 4 is 35.0 Å². The van der Waals surface area contributed by atoms with Crippen LogP contribution < -0.4 is 15.4 Å². The second-order valence-electron chi connectivity index (χ2n) is 6.88. The van der Waals surface area contributed by atoms with E-state index in [9.17, 15) is 40.3 Å². The molecule has 192 valence electrons. The van der Waals surface area contributed by atoms with Crippen molar-refractivity contribution in [3.8, 4) is 5.88 Å². The number of hydrogen-bond acceptors (Lipinski definition) is 4. The molecule has 7 nitrogen and oxygen atoms in total. The van der Waals surface area contributed by atoms with Gasteiger partial charge in [-0.15, -0.1) is 0 Å². The van der Waals surface area contributed by atoms with E-state index in [0.717, 1.165) is 6.07 Å². The standard InChI is InChI=1S/C20H18ClF7N4O3/c1-3-32(8-14(24)25)19(34)31-16-13(23)7-10(18(30-16)35-9(2)20(26,27)28)17(33)29-15-11(21)5-4-6-12(15)22/h4-7,9,14H,3,8H2,1-2H3,(H,29,33)(H,30,31,34)/t9-/m0/s1. The fraction of sp³-hybridized carbons (Fsp3) is 0.350. The van der Waals surface area contributed by atoms with E-state index >= 15 is 0 Å².